The lowest BCUT2D eigenvalue weighted by Gasteiger charge is -2.43. The van der Waals surface area contributed by atoms with E-state index in [4.69, 9.17) is 30.8 Å². The topological polar surface area (TPSA) is 122 Å². The molecular weight excluding hydrogens is 752 g/mol. The maximum atomic E-state index is 17.3. The normalized spacial score (nSPS) is 19.6. The van der Waals surface area contributed by atoms with Gasteiger partial charge in [-0.1, -0.05) is 29.4 Å². The van der Waals surface area contributed by atoms with Crippen LogP contribution in [0.2, 0.25) is 5.02 Å². The number of rotatable bonds is 8. The fourth-order valence-corrected chi connectivity index (χ4v) is 9.11. The highest BCUT2D eigenvalue weighted by atomic mass is 35.5. The van der Waals surface area contributed by atoms with Crippen LogP contribution in [0.4, 0.5) is 29.3 Å². The van der Waals surface area contributed by atoms with Gasteiger partial charge in [0.1, 0.15) is 28.4 Å². The molecule has 7 rings (SSSR count). The summed E-state index contributed by atoms with van der Waals surface area (Å²) in [4.78, 5) is 45.9. The maximum absolute atomic E-state index is 17.3. The van der Waals surface area contributed by atoms with E-state index in [1.54, 1.807) is 26.8 Å². The monoisotopic (exact) mass is 799 g/mol. The summed E-state index contributed by atoms with van der Waals surface area (Å²) >= 11 is 7.86. The van der Waals surface area contributed by atoms with E-state index in [-0.39, 0.29) is 66.6 Å². The van der Waals surface area contributed by atoms with Crippen LogP contribution in [0.1, 0.15) is 73.6 Å². The van der Waals surface area contributed by atoms with Crippen LogP contribution in [0.15, 0.2) is 18.2 Å². The number of thiazole rings is 1. The van der Waals surface area contributed by atoms with Crippen molar-refractivity contribution >= 4 is 67.2 Å². The van der Waals surface area contributed by atoms with Gasteiger partial charge in [0.25, 0.3) is 0 Å². The van der Waals surface area contributed by atoms with E-state index >= 15 is 8.78 Å². The Morgan fingerprint density at radius 2 is 1.67 bits per heavy atom. The summed E-state index contributed by atoms with van der Waals surface area (Å²) in [5.41, 5.74) is -1.17. The maximum Gasteiger partial charge on any atom is 0.413 e. The van der Waals surface area contributed by atoms with Crippen molar-refractivity contribution in [1.29, 1.82) is 0 Å². The number of nitrogens with one attached hydrogen (secondary N) is 1. The zero-order valence-electron chi connectivity index (χ0n) is 32.5. The van der Waals surface area contributed by atoms with Gasteiger partial charge in [-0.2, -0.15) is 9.97 Å². The molecule has 2 aliphatic heterocycles. The minimum absolute atomic E-state index is 0.0172. The molecule has 1 N–H and O–H groups in total. The Hall–Kier alpha value is -4.08. The molecule has 55 heavy (non-hydrogen) atoms. The summed E-state index contributed by atoms with van der Waals surface area (Å²) in [6.07, 6.45) is 3.56. The predicted octanol–water partition coefficient (Wildman–Crippen LogP) is 8.88. The van der Waals surface area contributed by atoms with Crippen molar-refractivity contribution in [3.8, 4) is 17.1 Å². The van der Waals surface area contributed by atoms with E-state index < -0.39 is 28.9 Å². The van der Waals surface area contributed by atoms with Crippen molar-refractivity contribution < 1.29 is 32.6 Å². The highest BCUT2D eigenvalue weighted by molar-refractivity contribution is 7.22. The number of anilines is 2. The third-order valence-corrected chi connectivity index (χ3v) is 11.5. The summed E-state index contributed by atoms with van der Waals surface area (Å²) < 4.78 is 50.0. The molecule has 4 aromatic rings. The number of amides is 2. The molecule has 2 aromatic carbocycles. The molecule has 2 atom stereocenters. The second-order valence-electron chi connectivity index (χ2n) is 17.2. The van der Waals surface area contributed by atoms with Gasteiger partial charge in [-0.15, -0.1) is 0 Å². The van der Waals surface area contributed by atoms with Gasteiger partial charge >= 0.3 is 18.2 Å². The number of aromatic nitrogens is 3. The van der Waals surface area contributed by atoms with Crippen LogP contribution >= 0.6 is 22.9 Å². The van der Waals surface area contributed by atoms with Crippen molar-refractivity contribution in [3.63, 3.8) is 0 Å². The second-order valence-corrected chi connectivity index (χ2v) is 18.7. The van der Waals surface area contributed by atoms with Crippen molar-refractivity contribution in [1.82, 2.24) is 24.8 Å². The first-order chi connectivity index (χ1) is 25.8. The molecule has 1 saturated carbocycles. The van der Waals surface area contributed by atoms with E-state index in [1.807, 2.05) is 39.8 Å². The van der Waals surface area contributed by atoms with Crippen LogP contribution < -0.4 is 15.0 Å². The van der Waals surface area contributed by atoms with E-state index in [1.165, 1.54) is 12.1 Å². The zero-order chi connectivity index (χ0) is 39.6. The molecule has 0 radical (unpaired) electrons. The Bertz CT molecular complexity index is 2140. The molecule has 3 fully saturated rings. The summed E-state index contributed by atoms with van der Waals surface area (Å²) in [7, 11) is 4.06. The molecule has 4 heterocycles. The first kappa shape index (κ1) is 39.2. The summed E-state index contributed by atoms with van der Waals surface area (Å²) in [6.45, 7) is 12.8. The van der Waals surface area contributed by atoms with Crippen molar-refractivity contribution in [2.24, 2.45) is 5.41 Å². The van der Waals surface area contributed by atoms with Crippen LogP contribution in [0.3, 0.4) is 0 Å². The molecule has 296 valence electrons. The number of hydrogen-bond acceptors (Lipinski definition) is 11. The molecule has 3 aliphatic rings. The standard InChI is InChI=1S/C39H48ClF2N7O5S/c1-37(2,3)53-35(50)46-34-44-30-23(12-13-26(41)31(30)55-34)27-25(40)16-24-29(28(27)42)43-33(52-20-39(14-9-15-39)19-47(7)8)45-32(24)48-17-21-10-11-22(18-48)49(21)36(51)54-38(4,5)6/h12-13,16,21-22H,9-11,14-15,17-20H2,1-8H3,(H,44,46,50). The van der Waals surface area contributed by atoms with Crippen LogP contribution in [-0.2, 0) is 9.47 Å². The number of halogens is 3. The molecule has 2 unspecified atom stereocenters. The van der Waals surface area contributed by atoms with Crippen molar-refractivity contribution in [2.75, 3.05) is 50.6 Å². The number of piperazine rings is 1. The minimum atomic E-state index is -0.766. The number of hydrogen-bond donors (Lipinski definition) is 1. The lowest BCUT2D eigenvalue weighted by atomic mass is 9.69. The molecule has 12 nitrogen and oxygen atoms in total. The van der Waals surface area contributed by atoms with Gasteiger partial charge < -0.3 is 24.0 Å². The van der Waals surface area contributed by atoms with E-state index in [2.05, 4.69) is 25.1 Å². The summed E-state index contributed by atoms with van der Waals surface area (Å²) in [6, 6.07) is 4.01. The fraction of sp³-hybridized carbons (Fsp3) is 0.564. The number of fused-ring (bicyclic) bond motifs is 4. The Kier molecular flexibility index (Phi) is 10.3. The fourth-order valence-electron chi connectivity index (χ4n) is 7.94. The predicted molar refractivity (Wildman–Crippen MR) is 210 cm³/mol. The van der Waals surface area contributed by atoms with Gasteiger partial charge in [-0.05, 0) is 99.5 Å². The van der Waals surface area contributed by atoms with E-state index in [0.29, 0.717) is 30.9 Å². The summed E-state index contributed by atoms with van der Waals surface area (Å²) in [5.74, 6) is -0.889. The SMILES string of the molecule is CN(C)CC1(COc2nc(N3CC4CCC(C3)N4C(=O)OC(C)(C)C)c3cc(Cl)c(-c4ccc(F)c5sc(NC(=O)OC(C)(C)C)nc45)c(F)c3n2)CCC1. The zero-order valence-corrected chi connectivity index (χ0v) is 34.1. The van der Waals surface area contributed by atoms with Gasteiger partial charge in [0, 0.05) is 41.6 Å². The first-order valence-electron chi connectivity index (χ1n) is 18.6. The molecule has 2 saturated heterocycles. The average Bonchev–Trinajstić information content (AvgIpc) is 3.59. The van der Waals surface area contributed by atoms with Gasteiger partial charge in [0.2, 0.25) is 0 Å². The lowest BCUT2D eigenvalue weighted by molar-refractivity contribution is 0.0122. The van der Waals surface area contributed by atoms with Gasteiger partial charge in [0.15, 0.2) is 10.9 Å². The average molecular weight is 800 g/mol. The lowest BCUT2D eigenvalue weighted by Crippen LogP contribution is -2.57. The molecule has 2 bridgehead atoms. The van der Waals surface area contributed by atoms with Crippen LogP contribution in [-0.4, -0.2) is 101 Å². The number of carbonyl (C=O) groups is 2. The summed E-state index contributed by atoms with van der Waals surface area (Å²) in [5, 5.41) is 3.06. The third-order valence-electron chi connectivity index (χ3n) is 10.2. The van der Waals surface area contributed by atoms with Crippen LogP contribution in [0, 0.1) is 17.0 Å². The van der Waals surface area contributed by atoms with E-state index in [9.17, 15) is 9.59 Å². The number of benzene rings is 2. The van der Waals surface area contributed by atoms with Crippen molar-refractivity contribution in [3.05, 3.63) is 34.9 Å². The number of carbonyl (C=O) groups excluding carboxylic acids is 2. The highest BCUT2D eigenvalue weighted by Gasteiger charge is 2.45. The van der Waals surface area contributed by atoms with Crippen molar-refractivity contribution in [2.45, 2.75) is 96.9 Å². The van der Waals surface area contributed by atoms with Gasteiger partial charge in [-0.25, -0.2) is 23.4 Å². The molecular formula is C39H48ClF2N7O5S. The second kappa shape index (κ2) is 14.5. The third kappa shape index (κ3) is 8.11. The Balaban J connectivity index is 1.30. The first-order valence-corrected chi connectivity index (χ1v) is 19.8. The molecule has 0 spiro atoms. The minimum Gasteiger partial charge on any atom is -0.463 e. The molecule has 2 amide bonds. The Labute approximate surface area is 328 Å². The molecule has 2 aromatic heterocycles. The molecule has 1 aliphatic carbocycles. The Morgan fingerprint density at radius 1 is 1.00 bits per heavy atom. The quantitative estimate of drug-likeness (QED) is 0.185. The number of nitrogens with zero attached hydrogens (tertiary/aromatic N) is 6. The Morgan fingerprint density at radius 3 is 2.27 bits per heavy atom. The largest absolute Gasteiger partial charge is 0.463 e. The smallest absolute Gasteiger partial charge is 0.413 e. The van der Waals surface area contributed by atoms with Gasteiger partial charge in [-0.3, -0.25) is 10.2 Å². The number of ether oxygens (including phenoxy) is 3. The highest BCUT2D eigenvalue weighted by Crippen LogP contribution is 2.45. The van der Waals surface area contributed by atoms with Crippen LogP contribution in [0.5, 0.6) is 6.01 Å². The van der Waals surface area contributed by atoms with Crippen LogP contribution in [0.25, 0.3) is 32.2 Å². The van der Waals surface area contributed by atoms with E-state index in [0.717, 1.165) is 50.0 Å². The molecule has 16 heteroatoms. The van der Waals surface area contributed by atoms with Gasteiger partial charge in [0.05, 0.1) is 33.9 Å².